The zero-order chi connectivity index (χ0) is 19.9. The number of aryl methyl sites for hydroxylation is 1. The molecule has 28 heavy (non-hydrogen) atoms. The fourth-order valence-electron chi connectivity index (χ4n) is 3.23. The van der Waals surface area contributed by atoms with Gasteiger partial charge in [0.1, 0.15) is 0 Å². The lowest BCUT2D eigenvalue weighted by molar-refractivity contribution is -0.116. The number of aromatic nitrogens is 1. The Kier molecular flexibility index (Phi) is 6.37. The van der Waals surface area contributed by atoms with Crippen LogP contribution in [0.3, 0.4) is 0 Å². The van der Waals surface area contributed by atoms with E-state index in [1.54, 1.807) is 13.2 Å². The van der Waals surface area contributed by atoms with Crippen LogP contribution in [0.4, 0.5) is 0 Å². The molecule has 0 spiro atoms. The van der Waals surface area contributed by atoms with Gasteiger partial charge in [-0.3, -0.25) is 4.79 Å². The van der Waals surface area contributed by atoms with E-state index in [2.05, 4.69) is 35.0 Å². The molecule has 0 unspecified atom stereocenters. The molecule has 146 valence electrons. The molecule has 0 saturated heterocycles. The topological polar surface area (TPSA) is 52.5 Å². The molecule has 3 rings (SSSR count). The molecule has 1 amide bonds. The van der Waals surface area contributed by atoms with Crippen LogP contribution in [0.25, 0.3) is 17.0 Å². The summed E-state index contributed by atoms with van der Waals surface area (Å²) in [7, 11) is 1.60. The first-order chi connectivity index (χ1) is 13.6. The SMILES string of the molecule is CCOc1ccc(C=CC(=O)NCCn2c(C)cc3ccccc32)cc1OC. The van der Waals surface area contributed by atoms with E-state index in [9.17, 15) is 4.79 Å². The van der Waals surface area contributed by atoms with E-state index in [0.29, 0.717) is 24.7 Å². The van der Waals surface area contributed by atoms with E-state index in [4.69, 9.17) is 9.47 Å². The van der Waals surface area contributed by atoms with Crippen LogP contribution in [-0.2, 0) is 11.3 Å². The molecule has 0 radical (unpaired) electrons. The van der Waals surface area contributed by atoms with Crippen molar-refractivity contribution in [3.63, 3.8) is 0 Å². The minimum Gasteiger partial charge on any atom is -0.493 e. The van der Waals surface area contributed by atoms with E-state index < -0.39 is 0 Å². The lowest BCUT2D eigenvalue weighted by atomic mass is 10.2. The number of nitrogens with one attached hydrogen (secondary N) is 1. The summed E-state index contributed by atoms with van der Waals surface area (Å²) in [5, 5.41) is 4.16. The van der Waals surface area contributed by atoms with Gasteiger partial charge < -0.3 is 19.4 Å². The van der Waals surface area contributed by atoms with Crippen molar-refractivity contribution < 1.29 is 14.3 Å². The number of carbonyl (C=O) groups excluding carboxylic acids is 1. The zero-order valence-corrected chi connectivity index (χ0v) is 16.6. The van der Waals surface area contributed by atoms with Crippen molar-refractivity contribution in [2.24, 2.45) is 0 Å². The first-order valence-electron chi connectivity index (χ1n) is 9.44. The number of carbonyl (C=O) groups is 1. The normalized spacial score (nSPS) is 11.1. The number of benzene rings is 2. The van der Waals surface area contributed by atoms with E-state index in [1.807, 2.05) is 37.3 Å². The number of hydrogen-bond acceptors (Lipinski definition) is 3. The molecule has 0 aliphatic rings. The quantitative estimate of drug-likeness (QED) is 0.598. The van der Waals surface area contributed by atoms with Crippen LogP contribution in [0.5, 0.6) is 11.5 Å². The standard InChI is InChI=1S/C23H26N2O3/c1-4-28-21-11-9-18(16-22(21)27-3)10-12-23(26)24-13-14-25-17(2)15-19-7-5-6-8-20(19)25/h5-12,15-16H,4,13-14H2,1-3H3,(H,24,26). The van der Waals surface area contributed by atoms with E-state index in [-0.39, 0.29) is 5.91 Å². The second-order valence-electron chi connectivity index (χ2n) is 6.46. The van der Waals surface area contributed by atoms with Crippen LogP contribution in [0, 0.1) is 6.92 Å². The Labute approximate surface area is 165 Å². The number of fused-ring (bicyclic) bond motifs is 1. The maximum atomic E-state index is 12.2. The second kappa shape index (κ2) is 9.13. The molecule has 0 bridgehead atoms. The van der Waals surface area contributed by atoms with Gasteiger partial charge in [-0.25, -0.2) is 0 Å². The number of amides is 1. The lowest BCUT2D eigenvalue weighted by Crippen LogP contribution is -2.25. The fourth-order valence-corrected chi connectivity index (χ4v) is 3.23. The van der Waals surface area contributed by atoms with Crippen molar-refractivity contribution in [3.05, 3.63) is 65.9 Å². The maximum absolute atomic E-state index is 12.2. The summed E-state index contributed by atoms with van der Waals surface area (Å²) in [6.45, 7) is 5.88. The smallest absolute Gasteiger partial charge is 0.244 e. The summed E-state index contributed by atoms with van der Waals surface area (Å²) < 4.78 is 13.1. The van der Waals surface area contributed by atoms with Crippen LogP contribution >= 0.6 is 0 Å². The molecule has 0 aliphatic carbocycles. The minimum atomic E-state index is -0.123. The molecule has 0 saturated carbocycles. The van der Waals surface area contributed by atoms with Crippen molar-refractivity contribution in [2.45, 2.75) is 20.4 Å². The molecule has 0 aliphatic heterocycles. The number of nitrogens with zero attached hydrogens (tertiary/aromatic N) is 1. The predicted molar refractivity (Wildman–Crippen MR) is 113 cm³/mol. The Hall–Kier alpha value is -3.21. The van der Waals surface area contributed by atoms with Gasteiger partial charge in [-0.15, -0.1) is 0 Å². The van der Waals surface area contributed by atoms with Gasteiger partial charge in [0.25, 0.3) is 0 Å². The molecule has 2 aromatic carbocycles. The van der Waals surface area contributed by atoms with E-state index >= 15 is 0 Å². The Bertz CT molecular complexity index is 989. The van der Waals surface area contributed by atoms with E-state index in [1.165, 1.54) is 22.7 Å². The number of rotatable bonds is 8. The first kappa shape index (κ1) is 19.5. The summed E-state index contributed by atoms with van der Waals surface area (Å²) in [5.41, 5.74) is 3.25. The number of para-hydroxylation sites is 1. The van der Waals surface area contributed by atoms with Gasteiger partial charge >= 0.3 is 0 Å². The molecule has 3 aromatic rings. The molecule has 1 N–H and O–H groups in total. The van der Waals surface area contributed by atoms with Crippen LogP contribution < -0.4 is 14.8 Å². The third-order valence-electron chi connectivity index (χ3n) is 4.57. The summed E-state index contributed by atoms with van der Waals surface area (Å²) in [6, 6.07) is 16.0. The van der Waals surface area contributed by atoms with Gasteiger partial charge in [-0.2, -0.15) is 0 Å². The van der Waals surface area contributed by atoms with Gasteiger partial charge in [0, 0.05) is 30.4 Å². The molecule has 5 heteroatoms. The van der Waals surface area contributed by atoms with Gasteiger partial charge in [0.05, 0.1) is 13.7 Å². The number of ether oxygens (including phenoxy) is 2. The molecule has 0 fully saturated rings. The third kappa shape index (κ3) is 4.55. The summed E-state index contributed by atoms with van der Waals surface area (Å²) in [4.78, 5) is 12.2. The van der Waals surface area contributed by atoms with Crippen LogP contribution in [-0.4, -0.2) is 30.7 Å². The molecular weight excluding hydrogens is 352 g/mol. The molecular formula is C23H26N2O3. The molecule has 1 aromatic heterocycles. The van der Waals surface area contributed by atoms with Crippen molar-refractivity contribution in [3.8, 4) is 11.5 Å². The van der Waals surface area contributed by atoms with Gasteiger partial charge in [0.15, 0.2) is 11.5 Å². The Morgan fingerprint density at radius 3 is 2.75 bits per heavy atom. The van der Waals surface area contributed by atoms with Crippen molar-refractivity contribution >= 4 is 22.9 Å². The average Bonchev–Trinajstić information content (AvgIpc) is 3.02. The van der Waals surface area contributed by atoms with Crippen LogP contribution in [0.1, 0.15) is 18.2 Å². The van der Waals surface area contributed by atoms with Crippen molar-refractivity contribution in [2.75, 3.05) is 20.3 Å². The highest BCUT2D eigenvalue weighted by molar-refractivity contribution is 5.91. The molecule has 1 heterocycles. The largest absolute Gasteiger partial charge is 0.493 e. The Morgan fingerprint density at radius 2 is 1.96 bits per heavy atom. The zero-order valence-electron chi connectivity index (χ0n) is 16.6. The molecule has 0 atom stereocenters. The van der Waals surface area contributed by atoms with Crippen LogP contribution in [0.2, 0.25) is 0 Å². The van der Waals surface area contributed by atoms with Crippen molar-refractivity contribution in [1.29, 1.82) is 0 Å². The second-order valence-corrected chi connectivity index (χ2v) is 6.46. The minimum absolute atomic E-state index is 0.123. The monoisotopic (exact) mass is 378 g/mol. The van der Waals surface area contributed by atoms with Crippen molar-refractivity contribution in [1.82, 2.24) is 9.88 Å². The average molecular weight is 378 g/mol. The number of hydrogen-bond donors (Lipinski definition) is 1. The van der Waals surface area contributed by atoms with Crippen LogP contribution in [0.15, 0.2) is 54.6 Å². The van der Waals surface area contributed by atoms with Gasteiger partial charge in [0.2, 0.25) is 5.91 Å². The highest BCUT2D eigenvalue weighted by Gasteiger charge is 2.06. The highest BCUT2D eigenvalue weighted by atomic mass is 16.5. The predicted octanol–water partition coefficient (Wildman–Crippen LogP) is 4.19. The number of methoxy groups -OCH3 is 1. The summed E-state index contributed by atoms with van der Waals surface area (Å²) in [6.07, 6.45) is 3.31. The first-order valence-corrected chi connectivity index (χ1v) is 9.44. The molecule has 5 nitrogen and oxygen atoms in total. The Morgan fingerprint density at radius 1 is 1.14 bits per heavy atom. The van der Waals surface area contributed by atoms with Gasteiger partial charge in [-0.1, -0.05) is 24.3 Å². The summed E-state index contributed by atoms with van der Waals surface area (Å²) in [5.74, 6) is 1.22. The lowest BCUT2D eigenvalue weighted by Gasteiger charge is -2.10. The highest BCUT2D eigenvalue weighted by Crippen LogP contribution is 2.28. The maximum Gasteiger partial charge on any atom is 0.244 e. The van der Waals surface area contributed by atoms with E-state index in [0.717, 1.165) is 12.1 Å². The third-order valence-corrected chi connectivity index (χ3v) is 4.57. The Balaban J connectivity index is 1.57. The summed E-state index contributed by atoms with van der Waals surface area (Å²) >= 11 is 0. The fraction of sp³-hybridized carbons (Fsp3) is 0.261. The van der Waals surface area contributed by atoms with Gasteiger partial charge in [-0.05, 0) is 55.1 Å².